The Balaban J connectivity index is 1.44. The van der Waals surface area contributed by atoms with Crippen LogP contribution in [0.2, 0.25) is 0 Å². The molecular weight excluding hydrogens is 156 g/mol. The minimum Gasteiger partial charge on any atom is -0.379 e. The molecule has 2 aliphatic rings. The van der Waals surface area contributed by atoms with Crippen molar-refractivity contribution in [2.45, 2.75) is 31.5 Å². The Morgan fingerprint density at radius 3 is 2.83 bits per heavy atom. The van der Waals surface area contributed by atoms with E-state index in [1.54, 1.807) is 0 Å². The molecule has 12 heavy (non-hydrogen) atoms. The highest BCUT2D eigenvalue weighted by molar-refractivity contribution is 4.68. The van der Waals surface area contributed by atoms with Gasteiger partial charge in [-0.1, -0.05) is 0 Å². The van der Waals surface area contributed by atoms with Gasteiger partial charge in [0.25, 0.3) is 0 Å². The molecule has 0 aromatic carbocycles. The largest absolute Gasteiger partial charge is 0.379 e. The topological polar surface area (TPSA) is 31.0 Å². The van der Waals surface area contributed by atoms with Gasteiger partial charge in [-0.25, -0.2) is 0 Å². The maximum Gasteiger partial charge on any atom is 0.104 e. The van der Waals surface area contributed by atoms with Crippen molar-refractivity contribution in [3.63, 3.8) is 0 Å². The lowest BCUT2D eigenvalue weighted by molar-refractivity contribution is 0.0543. The molecule has 0 saturated carbocycles. The molecule has 2 aliphatic heterocycles. The van der Waals surface area contributed by atoms with Gasteiger partial charge >= 0.3 is 0 Å². The molecule has 3 heteroatoms. The Morgan fingerprint density at radius 1 is 1.25 bits per heavy atom. The highest BCUT2D eigenvalue weighted by atomic mass is 16.6. The Kier molecular flexibility index (Phi) is 2.98. The van der Waals surface area contributed by atoms with Crippen LogP contribution in [0.5, 0.6) is 0 Å². The van der Waals surface area contributed by atoms with Gasteiger partial charge in [0, 0.05) is 13.2 Å². The van der Waals surface area contributed by atoms with Gasteiger partial charge < -0.3 is 14.2 Å². The Labute approximate surface area is 73.0 Å². The van der Waals surface area contributed by atoms with Gasteiger partial charge in [-0.3, -0.25) is 0 Å². The molecule has 2 unspecified atom stereocenters. The number of epoxide rings is 1. The van der Waals surface area contributed by atoms with Crippen molar-refractivity contribution >= 4 is 0 Å². The van der Waals surface area contributed by atoms with Gasteiger partial charge in [0.1, 0.15) is 6.10 Å². The minimum absolute atomic E-state index is 0.398. The van der Waals surface area contributed by atoms with E-state index in [1.807, 2.05) is 0 Å². The van der Waals surface area contributed by atoms with Crippen molar-refractivity contribution in [2.24, 2.45) is 0 Å². The predicted octanol–water partition coefficient (Wildman–Crippen LogP) is 0.971. The second-order valence-corrected chi connectivity index (χ2v) is 3.45. The summed E-state index contributed by atoms with van der Waals surface area (Å²) in [6.07, 6.45) is 4.34. The van der Waals surface area contributed by atoms with E-state index < -0.39 is 0 Å². The van der Waals surface area contributed by atoms with E-state index in [0.717, 1.165) is 32.8 Å². The van der Waals surface area contributed by atoms with E-state index in [-0.39, 0.29) is 0 Å². The van der Waals surface area contributed by atoms with Gasteiger partial charge in [0.15, 0.2) is 0 Å². The maximum absolute atomic E-state index is 5.46. The molecule has 2 heterocycles. The first-order valence-electron chi connectivity index (χ1n) is 4.76. The average Bonchev–Trinajstić information content (AvgIpc) is 2.76. The zero-order chi connectivity index (χ0) is 8.23. The van der Waals surface area contributed by atoms with Gasteiger partial charge in [-0.2, -0.15) is 0 Å². The molecule has 2 atom stereocenters. The molecule has 0 N–H and O–H groups in total. The first-order valence-corrected chi connectivity index (χ1v) is 4.76. The highest BCUT2D eigenvalue weighted by Crippen LogP contribution is 2.15. The van der Waals surface area contributed by atoms with Crippen LogP contribution in [-0.2, 0) is 14.2 Å². The van der Waals surface area contributed by atoms with Crippen LogP contribution in [0.1, 0.15) is 19.3 Å². The predicted molar refractivity (Wildman–Crippen MR) is 44.2 cm³/mol. The zero-order valence-electron chi connectivity index (χ0n) is 7.33. The standard InChI is InChI=1S/C9H16O3/c1-2-8(11-4-1)3-5-10-6-9-7-12-9/h8-9H,1-7H2. The second kappa shape index (κ2) is 4.21. The van der Waals surface area contributed by atoms with E-state index in [2.05, 4.69) is 0 Å². The number of hydrogen-bond donors (Lipinski definition) is 0. The van der Waals surface area contributed by atoms with Crippen LogP contribution in [0.15, 0.2) is 0 Å². The molecule has 0 radical (unpaired) electrons. The summed E-state index contributed by atoms with van der Waals surface area (Å²) in [5.41, 5.74) is 0. The van der Waals surface area contributed by atoms with E-state index in [4.69, 9.17) is 14.2 Å². The Morgan fingerprint density at radius 2 is 2.17 bits per heavy atom. The van der Waals surface area contributed by atoms with Crippen molar-refractivity contribution in [3.05, 3.63) is 0 Å². The zero-order valence-corrected chi connectivity index (χ0v) is 7.33. The monoisotopic (exact) mass is 172 g/mol. The minimum atomic E-state index is 0.398. The van der Waals surface area contributed by atoms with Crippen LogP contribution in [0.25, 0.3) is 0 Å². The maximum atomic E-state index is 5.46. The van der Waals surface area contributed by atoms with E-state index in [1.165, 1.54) is 12.8 Å². The van der Waals surface area contributed by atoms with Gasteiger partial charge in [-0.15, -0.1) is 0 Å². The van der Waals surface area contributed by atoms with Crippen LogP contribution in [0.3, 0.4) is 0 Å². The Bertz CT molecular complexity index is 128. The number of ether oxygens (including phenoxy) is 3. The number of hydrogen-bond acceptors (Lipinski definition) is 3. The normalized spacial score (nSPS) is 34.0. The Hall–Kier alpha value is -0.120. The summed E-state index contributed by atoms with van der Waals surface area (Å²) in [7, 11) is 0. The molecule has 70 valence electrons. The third kappa shape index (κ3) is 2.73. The average molecular weight is 172 g/mol. The molecule has 2 saturated heterocycles. The number of rotatable bonds is 5. The summed E-state index contributed by atoms with van der Waals surface area (Å²) in [5, 5.41) is 0. The molecule has 0 spiro atoms. The van der Waals surface area contributed by atoms with Crippen molar-refractivity contribution < 1.29 is 14.2 Å². The van der Waals surface area contributed by atoms with Crippen LogP contribution >= 0.6 is 0 Å². The van der Waals surface area contributed by atoms with Gasteiger partial charge in [0.05, 0.1) is 19.3 Å². The fourth-order valence-corrected chi connectivity index (χ4v) is 1.47. The molecular formula is C9H16O3. The molecule has 3 nitrogen and oxygen atoms in total. The van der Waals surface area contributed by atoms with E-state index >= 15 is 0 Å². The van der Waals surface area contributed by atoms with Gasteiger partial charge in [-0.05, 0) is 19.3 Å². The van der Waals surface area contributed by atoms with Crippen LogP contribution < -0.4 is 0 Å². The van der Waals surface area contributed by atoms with Crippen molar-refractivity contribution in [1.29, 1.82) is 0 Å². The molecule has 2 fully saturated rings. The van der Waals surface area contributed by atoms with E-state index in [9.17, 15) is 0 Å². The lowest BCUT2D eigenvalue weighted by atomic mass is 10.2. The van der Waals surface area contributed by atoms with Crippen LogP contribution in [-0.4, -0.2) is 38.6 Å². The lowest BCUT2D eigenvalue weighted by Crippen LogP contribution is -2.11. The fraction of sp³-hybridized carbons (Fsp3) is 1.00. The highest BCUT2D eigenvalue weighted by Gasteiger charge is 2.22. The molecule has 0 aromatic rings. The fourth-order valence-electron chi connectivity index (χ4n) is 1.47. The summed E-state index contributed by atoms with van der Waals surface area (Å²) < 4.78 is 15.9. The van der Waals surface area contributed by atoms with Crippen molar-refractivity contribution in [3.8, 4) is 0 Å². The molecule has 2 rings (SSSR count). The molecule has 0 bridgehead atoms. The third-order valence-corrected chi connectivity index (χ3v) is 2.31. The summed E-state index contributed by atoms with van der Waals surface area (Å²) >= 11 is 0. The lowest BCUT2D eigenvalue weighted by Gasteiger charge is -2.08. The van der Waals surface area contributed by atoms with Crippen LogP contribution in [0, 0.1) is 0 Å². The van der Waals surface area contributed by atoms with Crippen molar-refractivity contribution in [1.82, 2.24) is 0 Å². The summed E-state index contributed by atoms with van der Waals surface area (Å²) in [6.45, 7) is 3.42. The second-order valence-electron chi connectivity index (χ2n) is 3.45. The summed E-state index contributed by atoms with van der Waals surface area (Å²) in [5.74, 6) is 0. The molecule has 0 aliphatic carbocycles. The van der Waals surface area contributed by atoms with E-state index in [0.29, 0.717) is 12.2 Å². The molecule has 0 amide bonds. The molecule has 0 aromatic heterocycles. The van der Waals surface area contributed by atoms with Gasteiger partial charge in [0.2, 0.25) is 0 Å². The summed E-state index contributed by atoms with van der Waals surface area (Å²) in [4.78, 5) is 0. The first kappa shape index (κ1) is 8.48. The van der Waals surface area contributed by atoms with Crippen molar-refractivity contribution in [2.75, 3.05) is 26.4 Å². The van der Waals surface area contributed by atoms with Crippen LogP contribution in [0.4, 0.5) is 0 Å². The first-order chi connectivity index (χ1) is 5.95. The third-order valence-electron chi connectivity index (χ3n) is 2.31. The smallest absolute Gasteiger partial charge is 0.104 e. The quantitative estimate of drug-likeness (QED) is 0.457. The summed E-state index contributed by atoms with van der Waals surface area (Å²) in [6, 6.07) is 0. The SMILES string of the molecule is C1COC(CCOCC2CO2)C1.